The molecule has 7 nitrogen and oxygen atoms in total. The number of hydrogen-bond donors (Lipinski definition) is 1. The van der Waals surface area contributed by atoms with Crippen molar-refractivity contribution in [2.75, 3.05) is 32.2 Å². The first-order chi connectivity index (χ1) is 15.7. The van der Waals surface area contributed by atoms with Crippen LogP contribution in [-0.2, 0) is 11.3 Å². The summed E-state index contributed by atoms with van der Waals surface area (Å²) in [5.74, 6) is 2.33. The lowest BCUT2D eigenvalue weighted by Gasteiger charge is -2.32. The number of hydrogen-bond acceptors (Lipinski definition) is 6. The monoisotopic (exact) mass is 432 g/mol. The van der Waals surface area contributed by atoms with Gasteiger partial charge in [-0.1, -0.05) is 24.3 Å². The van der Waals surface area contributed by atoms with Gasteiger partial charge in [-0.05, 0) is 54.8 Å². The molecule has 0 spiro atoms. The highest BCUT2D eigenvalue weighted by Gasteiger charge is 2.26. The predicted octanol–water partition coefficient (Wildman–Crippen LogP) is 3.69. The fraction of sp³-hybridized carbons (Fsp3) is 0.320. The second kappa shape index (κ2) is 10.1. The lowest BCUT2D eigenvalue weighted by atomic mass is 9.97. The van der Waals surface area contributed by atoms with Crippen LogP contribution in [0.4, 0.5) is 5.82 Å². The molecule has 1 unspecified atom stereocenters. The van der Waals surface area contributed by atoms with Crippen molar-refractivity contribution < 1.29 is 14.3 Å². The van der Waals surface area contributed by atoms with E-state index in [1.807, 2.05) is 60.7 Å². The maximum Gasteiger partial charge on any atom is 0.225 e. The minimum atomic E-state index is -0.0787. The molecule has 1 aromatic heterocycles. The van der Waals surface area contributed by atoms with Crippen molar-refractivity contribution in [1.82, 2.24) is 15.5 Å². The van der Waals surface area contributed by atoms with Crippen LogP contribution in [0.15, 0.2) is 60.7 Å². The second-order valence-electron chi connectivity index (χ2n) is 7.83. The standard InChI is InChI=1S/C25H28N4O3/c1-31-20-9-5-7-18(15-20)16-26-25(30)19-8-6-14-29(17-19)24-13-12-22(27-28-24)21-10-3-4-11-23(21)32-2/h3-5,7,9-13,15,19H,6,8,14,16-17H2,1-2H3,(H,26,30). The molecule has 1 atom stereocenters. The number of amides is 1. The third kappa shape index (κ3) is 4.99. The molecule has 1 fully saturated rings. The van der Waals surface area contributed by atoms with E-state index in [2.05, 4.69) is 20.4 Å². The number of ether oxygens (including phenoxy) is 2. The zero-order valence-electron chi connectivity index (χ0n) is 18.5. The van der Waals surface area contributed by atoms with Gasteiger partial charge in [-0.2, -0.15) is 0 Å². The smallest absolute Gasteiger partial charge is 0.225 e. The van der Waals surface area contributed by atoms with Gasteiger partial charge in [0.1, 0.15) is 11.5 Å². The average molecular weight is 433 g/mol. The zero-order valence-corrected chi connectivity index (χ0v) is 18.5. The van der Waals surface area contributed by atoms with Crippen LogP contribution >= 0.6 is 0 Å². The van der Waals surface area contributed by atoms with Crippen LogP contribution in [0.5, 0.6) is 11.5 Å². The summed E-state index contributed by atoms with van der Waals surface area (Å²) in [6.45, 7) is 1.98. The molecule has 2 aromatic carbocycles. The van der Waals surface area contributed by atoms with Gasteiger partial charge in [0.2, 0.25) is 5.91 Å². The van der Waals surface area contributed by atoms with Crippen LogP contribution in [0.1, 0.15) is 18.4 Å². The summed E-state index contributed by atoms with van der Waals surface area (Å²) in [5.41, 5.74) is 2.68. The molecule has 7 heteroatoms. The zero-order chi connectivity index (χ0) is 22.3. The van der Waals surface area contributed by atoms with E-state index in [9.17, 15) is 4.79 Å². The predicted molar refractivity (Wildman–Crippen MR) is 124 cm³/mol. The number of para-hydroxylation sites is 1. The van der Waals surface area contributed by atoms with Crippen molar-refractivity contribution in [3.8, 4) is 22.8 Å². The molecule has 0 radical (unpaired) electrons. The lowest BCUT2D eigenvalue weighted by molar-refractivity contribution is -0.125. The lowest BCUT2D eigenvalue weighted by Crippen LogP contribution is -2.43. The summed E-state index contributed by atoms with van der Waals surface area (Å²) in [7, 11) is 3.29. The number of carbonyl (C=O) groups excluding carboxylic acids is 1. The topological polar surface area (TPSA) is 76.6 Å². The number of nitrogens with zero attached hydrogens (tertiary/aromatic N) is 3. The summed E-state index contributed by atoms with van der Waals surface area (Å²) in [6.07, 6.45) is 1.81. The highest BCUT2D eigenvalue weighted by molar-refractivity contribution is 5.79. The number of benzene rings is 2. The first-order valence-corrected chi connectivity index (χ1v) is 10.8. The summed E-state index contributed by atoms with van der Waals surface area (Å²) >= 11 is 0. The molecule has 2 heterocycles. The maximum atomic E-state index is 12.8. The molecule has 0 bridgehead atoms. The largest absolute Gasteiger partial charge is 0.497 e. The number of piperidine rings is 1. The Hall–Kier alpha value is -3.61. The van der Waals surface area contributed by atoms with E-state index >= 15 is 0 Å². The Labute approximate surface area is 188 Å². The molecule has 166 valence electrons. The Morgan fingerprint density at radius 1 is 1.06 bits per heavy atom. The maximum absolute atomic E-state index is 12.8. The van der Waals surface area contributed by atoms with E-state index in [4.69, 9.17) is 9.47 Å². The van der Waals surface area contributed by atoms with Crippen LogP contribution in [0.25, 0.3) is 11.3 Å². The molecule has 1 amide bonds. The molecule has 4 rings (SSSR count). The van der Waals surface area contributed by atoms with E-state index < -0.39 is 0 Å². The van der Waals surface area contributed by atoms with Gasteiger partial charge in [0.25, 0.3) is 0 Å². The summed E-state index contributed by atoms with van der Waals surface area (Å²) < 4.78 is 10.7. The molecule has 1 N–H and O–H groups in total. The SMILES string of the molecule is COc1cccc(CNC(=O)C2CCCN(c3ccc(-c4ccccc4OC)nn3)C2)c1. The molecule has 1 saturated heterocycles. The highest BCUT2D eigenvalue weighted by atomic mass is 16.5. The molecule has 0 aliphatic carbocycles. The molecule has 32 heavy (non-hydrogen) atoms. The van der Waals surface area contributed by atoms with Gasteiger partial charge in [-0.25, -0.2) is 0 Å². The van der Waals surface area contributed by atoms with Crippen LogP contribution in [0.2, 0.25) is 0 Å². The van der Waals surface area contributed by atoms with E-state index in [0.717, 1.165) is 53.5 Å². The number of nitrogens with one attached hydrogen (secondary N) is 1. The van der Waals surface area contributed by atoms with E-state index in [0.29, 0.717) is 13.1 Å². The molecular formula is C25H28N4O3. The third-order valence-corrected chi connectivity index (χ3v) is 5.75. The molecule has 3 aromatic rings. The summed E-state index contributed by atoms with van der Waals surface area (Å²) in [5, 5.41) is 11.9. The van der Waals surface area contributed by atoms with Crippen LogP contribution in [0, 0.1) is 5.92 Å². The molecule has 1 aliphatic heterocycles. The van der Waals surface area contributed by atoms with Gasteiger partial charge in [-0.3, -0.25) is 4.79 Å². The van der Waals surface area contributed by atoms with Crippen molar-refractivity contribution in [2.45, 2.75) is 19.4 Å². The fourth-order valence-corrected chi connectivity index (χ4v) is 4.01. The van der Waals surface area contributed by atoms with Gasteiger partial charge >= 0.3 is 0 Å². The van der Waals surface area contributed by atoms with Gasteiger partial charge in [0.15, 0.2) is 5.82 Å². The Bertz CT molecular complexity index is 1060. The first-order valence-electron chi connectivity index (χ1n) is 10.8. The number of anilines is 1. The van der Waals surface area contributed by atoms with E-state index in [1.54, 1.807) is 14.2 Å². The fourth-order valence-electron chi connectivity index (χ4n) is 4.01. The third-order valence-electron chi connectivity index (χ3n) is 5.75. The minimum absolute atomic E-state index is 0.0659. The second-order valence-corrected chi connectivity index (χ2v) is 7.83. The Morgan fingerprint density at radius 2 is 1.94 bits per heavy atom. The number of rotatable bonds is 7. The summed E-state index contributed by atoms with van der Waals surface area (Å²) in [4.78, 5) is 14.9. The van der Waals surface area contributed by atoms with Gasteiger partial charge < -0.3 is 19.7 Å². The molecule has 0 saturated carbocycles. The highest BCUT2D eigenvalue weighted by Crippen LogP contribution is 2.29. The van der Waals surface area contributed by atoms with Crippen molar-refractivity contribution in [3.05, 3.63) is 66.2 Å². The number of methoxy groups -OCH3 is 2. The average Bonchev–Trinajstić information content (AvgIpc) is 2.87. The Morgan fingerprint density at radius 3 is 2.72 bits per heavy atom. The molecular weight excluding hydrogens is 404 g/mol. The van der Waals surface area contributed by atoms with E-state index in [-0.39, 0.29) is 11.8 Å². The number of aromatic nitrogens is 2. The minimum Gasteiger partial charge on any atom is -0.497 e. The van der Waals surface area contributed by atoms with Crippen LogP contribution in [0.3, 0.4) is 0 Å². The number of carbonyl (C=O) groups is 1. The molecule has 1 aliphatic rings. The van der Waals surface area contributed by atoms with Gasteiger partial charge in [0.05, 0.1) is 25.8 Å². The summed E-state index contributed by atoms with van der Waals surface area (Å²) in [6, 6.07) is 19.4. The van der Waals surface area contributed by atoms with Crippen LogP contribution < -0.4 is 19.7 Å². The van der Waals surface area contributed by atoms with Crippen molar-refractivity contribution >= 4 is 11.7 Å². The van der Waals surface area contributed by atoms with Crippen molar-refractivity contribution in [2.24, 2.45) is 5.92 Å². The van der Waals surface area contributed by atoms with Gasteiger partial charge in [-0.15, -0.1) is 10.2 Å². The first kappa shape index (κ1) is 21.6. The van der Waals surface area contributed by atoms with Gasteiger partial charge in [0, 0.05) is 25.2 Å². The normalized spacial score (nSPS) is 15.8. The Kier molecular flexibility index (Phi) is 6.84. The van der Waals surface area contributed by atoms with Crippen LogP contribution in [-0.4, -0.2) is 43.4 Å². The quantitative estimate of drug-likeness (QED) is 0.614. The van der Waals surface area contributed by atoms with E-state index in [1.165, 1.54) is 0 Å². The Balaban J connectivity index is 1.38. The van der Waals surface area contributed by atoms with Crippen molar-refractivity contribution in [1.29, 1.82) is 0 Å². The van der Waals surface area contributed by atoms with Crippen molar-refractivity contribution in [3.63, 3.8) is 0 Å².